The normalized spacial score (nSPS) is 26.5. The minimum Gasteiger partial charge on any atom is -0.475 e. The van der Waals surface area contributed by atoms with E-state index in [0.29, 0.717) is 16.8 Å². The van der Waals surface area contributed by atoms with E-state index in [9.17, 15) is 21.6 Å². The fourth-order valence-corrected chi connectivity index (χ4v) is 6.54. The number of fused-ring (bicyclic) bond motifs is 1. The van der Waals surface area contributed by atoms with Crippen LogP contribution in [0.4, 0.5) is 13.2 Å². The van der Waals surface area contributed by atoms with Crippen LogP contribution in [0.3, 0.4) is 0 Å². The first-order chi connectivity index (χ1) is 12.6. The average Bonchev–Trinajstić information content (AvgIpc) is 3.01. The maximum Gasteiger partial charge on any atom is 0.490 e. The van der Waals surface area contributed by atoms with E-state index in [2.05, 4.69) is 4.90 Å². The third-order valence-electron chi connectivity index (χ3n) is 5.13. The maximum absolute atomic E-state index is 12.7. The molecule has 1 aliphatic carbocycles. The number of carboxylic acids is 1. The van der Waals surface area contributed by atoms with Crippen LogP contribution in [0, 0.1) is 5.92 Å². The third kappa shape index (κ3) is 4.64. The predicted molar refractivity (Wildman–Crippen MR) is 93.0 cm³/mol. The lowest BCUT2D eigenvalue weighted by molar-refractivity contribution is -0.192. The Hall–Kier alpha value is -1.17. The van der Waals surface area contributed by atoms with Crippen molar-refractivity contribution in [3.05, 3.63) is 17.5 Å². The Balaban J connectivity index is 0.000000260. The lowest BCUT2D eigenvalue weighted by Gasteiger charge is -2.24. The van der Waals surface area contributed by atoms with Gasteiger partial charge >= 0.3 is 12.1 Å². The van der Waals surface area contributed by atoms with Crippen LogP contribution in [0.2, 0.25) is 0 Å². The standard InChI is InChI=1S/C14H20N2O2S2.C2HF3O2/c17-20(18,14-2-1-9-19-14)16-8-6-12-13(16)5-7-15(12)10-11-3-4-11;3-2(4,5)1(6)7/h1-2,9,11-13H,3-8,10H2;(H,6,7)/t12-,13+;/m0./s1. The second-order valence-corrected chi connectivity index (χ2v) is 10.1. The highest BCUT2D eigenvalue weighted by molar-refractivity contribution is 7.91. The van der Waals surface area contributed by atoms with Gasteiger partial charge in [-0.25, -0.2) is 13.2 Å². The van der Waals surface area contributed by atoms with Gasteiger partial charge in [-0.3, -0.25) is 4.90 Å². The summed E-state index contributed by atoms with van der Waals surface area (Å²) in [6, 6.07) is 4.22. The molecule has 3 aliphatic rings. The molecule has 3 heterocycles. The first-order valence-corrected chi connectivity index (χ1v) is 11.0. The molecule has 6 nitrogen and oxygen atoms in total. The average molecular weight is 426 g/mol. The van der Waals surface area contributed by atoms with E-state index < -0.39 is 22.2 Å². The fourth-order valence-electron chi connectivity index (χ4n) is 3.72. The summed E-state index contributed by atoms with van der Waals surface area (Å²) in [6.07, 6.45) is -0.347. The number of alkyl halides is 3. The van der Waals surface area contributed by atoms with Gasteiger partial charge in [0, 0.05) is 31.7 Å². The molecule has 0 radical (unpaired) electrons. The Labute approximate surface area is 159 Å². The smallest absolute Gasteiger partial charge is 0.475 e. The number of carbonyl (C=O) groups is 1. The number of sulfonamides is 1. The summed E-state index contributed by atoms with van der Waals surface area (Å²) < 4.78 is 59.4. The lowest BCUT2D eigenvalue weighted by atomic mass is 10.1. The molecule has 0 unspecified atom stereocenters. The summed E-state index contributed by atoms with van der Waals surface area (Å²) in [6.45, 7) is 2.95. The molecule has 2 aliphatic heterocycles. The zero-order chi connectivity index (χ0) is 19.8. The summed E-state index contributed by atoms with van der Waals surface area (Å²) >= 11 is 1.33. The minimum atomic E-state index is -5.08. The van der Waals surface area contributed by atoms with Crippen molar-refractivity contribution in [2.75, 3.05) is 19.6 Å². The van der Waals surface area contributed by atoms with Crippen LogP contribution >= 0.6 is 11.3 Å². The monoisotopic (exact) mass is 426 g/mol. The highest BCUT2D eigenvalue weighted by atomic mass is 32.2. The molecule has 152 valence electrons. The van der Waals surface area contributed by atoms with Crippen LogP contribution in [0.25, 0.3) is 0 Å². The minimum absolute atomic E-state index is 0.209. The van der Waals surface area contributed by atoms with Crippen molar-refractivity contribution in [1.82, 2.24) is 9.21 Å². The molecule has 2 saturated heterocycles. The van der Waals surface area contributed by atoms with Gasteiger partial charge in [-0.15, -0.1) is 11.3 Å². The molecule has 4 rings (SSSR count). The highest BCUT2D eigenvalue weighted by Crippen LogP contribution is 2.39. The number of carboxylic acid groups (broad SMARTS) is 1. The van der Waals surface area contributed by atoms with E-state index in [0.717, 1.165) is 25.3 Å². The molecule has 27 heavy (non-hydrogen) atoms. The van der Waals surface area contributed by atoms with Crippen LogP contribution in [0.15, 0.2) is 21.7 Å². The van der Waals surface area contributed by atoms with Crippen molar-refractivity contribution in [1.29, 1.82) is 0 Å². The van der Waals surface area contributed by atoms with Crippen LogP contribution in [0.1, 0.15) is 25.7 Å². The molecule has 0 spiro atoms. The predicted octanol–water partition coefficient (Wildman–Crippen LogP) is 2.63. The second-order valence-electron chi connectivity index (χ2n) is 7.00. The molecule has 0 aromatic carbocycles. The molecule has 1 N–H and O–H groups in total. The lowest BCUT2D eigenvalue weighted by Crippen LogP contribution is -2.39. The van der Waals surface area contributed by atoms with Gasteiger partial charge < -0.3 is 5.11 Å². The van der Waals surface area contributed by atoms with Gasteiger partial charge in [-0.2, -0.15) is 17.5 Å². The quantitative estimate of drug-likeness (QED) is 0.801. The Bertz CT molecular complexity index is 763. The van der Waals surface area contributed by atoms with E-state index in [-0.39, 0.29) is 6.04 Å². The van der Waals surface area contributed by atoms with Crippen molar-refractivity contribution >= 4 is 27.3 Å². The molecular weight excluding hydrogens is 405 g/mol. The SMILES string of the molecule is O=C(O)C(F)(F)F.O=S(=O)(c1cccs1)N1CC[C@H]2[C@H]1CCN2CC1CC1. The van der Waals surface area contributed by atoms with E-state index >= 15 is 0 Å². The van der Waals surface area contributed by atoms with E-state index in [4.69, 9.17) is 9.90 Å². The zero-order valence-corrected chi connectivity index (χ0v) is 16.1. The molecule has 3 fully saturated rings. The number of rotatable bonds is 4. The van der Waals surface area contributed by atoms with Gasteiger partial charge in [0.25, 0.3) is 10.0 Å². The van der Waals surface area contributed by atoms with E-state index in [1.54, 1.807) is 10.4 Å². The molecule has 2 atom stereocenters. The molecule has 11 heteroatoms. The van der Waals surface area contributed by atoms with E-state index in [1.807, 2.05) is 11.4 Å². The topological polar surface area (TPSA) is 77.9 Å². The van der Waals surface area contributed by atoms with Crippen LogP contribution in [-0.4, -0.2) is 66.6 Å². The van der Waals surface area contributed by atoms with Crippen molar-refractivity contribution in [3.8, 4) is 0 Å². The van der Waals surface area contributed by atoms with Crippen molar-refractivity contribution in [3.63, 3.8) is 0 Å². The molecular formula is C16H21F3N2O4S2. The van der Waals surface area contributed by atoms with Gasteiger partial charge in [0.1, 0.15) is 4.21 Å². The maximum atomic E-state index is 12.7. The molecule has 0 amide bonds. The molecule has 1 saturated carbocycles. The Kier molecular flexibility index (Phi) is 5.85. The van der Waals surface area contributed by atoms with E-state index in [1.165, 1.54) is 30.7 Å². The van der Waals surface area contributed by atoms with Gasteiger partial charge in [0.2, 0.25) is 0 Å². The highest BCUT2D eigenvalue weighted by Gasteiger charge is 2.48. The third-order valence-corrected chi connectivity index (χ3v) is 8.43. The van der Waals surface area contributed by atoms with Gasteiger partial charge in [0.15, 0.2) is 0 Å². The Morgan fingerprint density at radius 3 is 2.33 bits per heavy atom. The Morgan fingerprint density at radius 1 is 1.19 bits per heavy atom. The van der Waals surface area contributed by atoms with Gasteiger partial charge in [-0.05, 0) is 43.0 Å². The Morgan fingerprint density at radius 2 is 1.81 bits per heavy atom. The zero-order valence-electron chi connectivity index (χ0n) is 14.4. The number of nitrogens with zero attached hydrogens (tertiary/aromatic N) is 2. The summed E-state index contributed by atoms with van der Waals surface area (Å²) in [5.41, 5.74) is 0. The number of likely N-dealkylation sites (tertiary alicyclic amines) is 1. The van der Waals surface area contributed by atoms with Crippen molar-refractivity contribution in [2.24, 2.45) is 5.92 Å². The number of aliphatic carboxylic acids is 1. The first-order valence-electron chi connectivity index (χ1n) is 8.70. The summed E-state index contributed by atoms with van der Waals surface area (Å²) in [4.78, 5) is 11.4. The van der Waals surface area contributed by atoms with Crippen molar-refractivity contribution < 1.29 is 31.5 Å². The summed E-state index contributed by atoms with van der Waals surface area (Å²) in [5.74, 6) is -1.87. The molecule has 1 aromatic rings. The van der Waals surface area contributed by atoms with Gasteiger partial charge in [0.05, 0.1) is 0 Å². The number of hydrogen-bond acceptors (Lipinski definition) is 5. The number of halogens is 3. The van der Waals surface area contributed by atoms with Crippen LogP contribution in [-0.2, 0) is 14.8 Å². The summed E-state index contributed by atoms with van der Waals surface area (Å²) in [5, 5.41) is 8.97. The number of thiophene rings is 1. The molecule has 0 bridgehead atoms. The molecule has 1 aromatic heterocycles. The van der Waals surface area contributed by atoms with Crippen LogP contribution < -0.4 is 0 Å². The van der Waals surface area contributed by atoms with Gasteiger partial charge in [-0.1, -0.05) is 6.07 Å². The van der Waals surface area contributed by atoms with Crippen LogP contribution in [0.5, 0.6) is 0 Å². The summed E-state index contributed by atoms with van der Waals surface area (Å²) in [7, 11) is -3.26. The fraction of sp³-hybridized carbons (Fsp3) is 0.688. The second kappa shape index (κ2) is 7.69. The van der Waals surface area contributed by atoms with Crippen molar-refractivity contribution in [2.45, 2.75) is 48.2 Å². The number of hydrogen-bond donors (Lipinski definition) is 1. The largest absolute Gasteiger partial charge is 0.490 e. The first kappa shape index (κ1) is 20.6.